The third kappa shape index (κ3) is 2.99. The number of hydrogen-bond acceptors (Lipinski definition) is 3. The number of aromatic nitrogens is 3. The number of carbonyl (C=O) groups is 1. The summed E-state index contributed by atoms with van der Waals surface area (Å²) in [5, 5.41) is 9.56. The molecular formula is C21H20N4O2. The van der Waals surface area contributed by atoms with Crippen molar-refractivity contribution in [1.29, 1.82) is 0 Å². The second-order valence-electron chi connectivity index (χ2n) is 6.62. The first-order valence-corrected chi connectivity index (χ1v) is 8.87. The molecule has 4 rings (SSSR count). The molecule has 27 heavy (non-hydrogen) atoms. The molecule has 6 heteroatoms. The molecule has 0 aliphatic heterocycles. The van der Waals surface area contributed by atoms with Crippen molar-refractivity contribution in [2.75, 3.05) is 6.54 Å². The van der Waals surface area contributed by atoms with Crippen LogP contribution in [0.5, 0.6) is 0 Å². The maximum absolute atomic E-state index is 12.6. The van der Waals surface area contributed by atoms with Gasteiger partial charge < -0.3 is 10.3 Å². The summed E-state index contributed by atoms with van der Waals surface area (Å²) in [6, 6.07) is 13.0. The zero-order chi connectivity index (χ0) is 19.0. The van der Waals surface area contributed by atoms with Crippen molar-refractivity contribution in [2.45, 2.75) is 20.4 Å². The van der Waals surface area contributed by atoms with E-state index in [0.717, 1.165) is 27.5 Å². The number of aromatic amines is 1. The molecule has 0 bridgehead atoms. The highest BCUT2D eigenvalue weighted by Gasteiger charge is 2.13. The average molecular weight is 360 g/mol. The Hall–Kier alpha value is -3.41. The summed E-state index contributed by atoms with van der Waals surface area (Å²) in [5.74, 6) is -0.171. The molecule has 2 aromatic heterocycles. The summed E-state index contributed by atoms with van der Waals surface area (Å²) in [7, 11) is 0. The van der Waals surface area contributed by atoms with Gasteiger partial charge in [-0.15, -0.1) is 0 Å². The van der Waals surface area contributed by atoms with E-state index < -0.39 is 0 Å². The summed E-state index contributed by atoms with van der Waals surface area (Å²) in [4.78, 5) is 28.4. The van der Waals surface area contributed by atoms with Crippen molar-refractivity contribution >= 4 is 27.6 Å². The van der Waals surface area contributed by atoms with Gasteiger partial charge in [0.15, 0.2) is 0 Å². The molecule has 0 unspecified atom stereocenters. The van der Waals surface area contributed by atoms with Crippen LogP contribution in [0.4, 0.5) is 0 Å². The predicted molar refractivity (Wildman–Crippen MR) is 106 cm³/mol. The van der Waals surface area contributed by atoms with Crippen LogP contribution in [0.1, 0.15) is 21.6 Å². The van der Waals surface area contributed by atoms with Crippen LogP contribution in [-0.2, 0) is 6.54 Å². The standard InChI is InChI=1S/C21H20N4O2/c1-13-14(2)24-19-16(13)8-5-9-18(19)20(26)22-10-11-25-21(27)17-7-4-3-6-15(17)12-23-25/h3-9,12,24H,10-11H2,1-2H3,(H,22,26). The zero-order valence-corrected chi connectivity index (χ0v) is 15.2. The molecule has 0 saturated heterocycles. The summed E-state index contributed by atoms with van der Waals surface area (Å²) in [5.41, 5.74) is 3.48. The number of benzene rings is 2. The maximum atomic E-state index is 12.6. The Labute approximate surface area is 155 Å². The first-order chi connectivity index (χ1) is 13.1. The number of nitrogens with one attached hydrogen (secondary N) is 2. The Balaban J connectivity index is 1.52. The lowest BCUT2D eigenvalue weighted by atomic mass is 10.1. The molecule has 2 heterocycles. The number of amides is 1. The maximum Gasteiger partial charge on any atom is 0.274 e. The summed E-state index contributed by atoms with van der Waals surface area (Å²) in [6.07, 6.45) is 1.67. The SMILES string of the molecule is Cc1[nH]c2c(C(=O)NCCn3ncc4ccccc4c3=O)cccc2c1C. The van der Waals surface area contributed by atoms with Crippen LogP contribution in [0.15, 0.2) is 53.5 Å². The number of fused-ring (bicyclic) bond motifs is 2. The Kier molecular flexibility index (Phi) is 4.24. The minimum atomic E-state index is -0.171. The molecule has 136 valence electrons. The van der Waals surface area contributed by atoms with E-state index in [-0.39, 0.29) is 11.5 Å². The van der Waals surface area contributed by atoms with Gasteiger partial charge in [-0.1, -0.05) is 30.3 Å². The minimum Gasteiger partial charge on any atom is -0.358 e. The number of aryl methyl sites for hydroxylation is 2. The second-order valence-corrected chi connectivity index (χ2v) is 6.62. The first-order valence-electron chi connectivity index (χ1n) is 8.87. The lowest BCUT2D eigenvalue weighted by molar-refractivity contribution is 0.0953. The lowest BCUT2D eigenvalue weighted by Gasteiger charge is -2.08. The van der Waals surface area contributed by atoms with Gasteiger partial charge in [-0.05, 0) is 31.5 Å². The largest absolute Gasteiger partial charge is 0.358 e. The van der Waals surface area contributed by atoms with Gasteiger partial charge in [-0.25, -0.2) is 4.68 Å². The van der Waals surface area contributed by atoms with Crippen molar-refractivity contribution in [1.82, 2.24) is 20.1 Å². The van der Waals surface area contributed by atoms with Gasteiger partial charge >= 0.3 is 0 Å². The highest BCUT2D eigenvalue weighted by Crippen LogP contribution is 2.24. The fourth-order valence-corrected chi connectivity index (χ4v) is 3.33. The number of hydrogen-bond donors (Lipinski definition) is 2. The van der Waals surface area contributed by atoms with Crippen molar-refractivity contribution in [2.24, 2.45) is 0 Å². The molecule has 6 nitrogen and oxygen atoms in total. The van der Waals surface area contributed by atoms with Crippen LogP contribution in [0.2, 0.25) is 0 Å². The van der Waals surface area contributed by atoms with Crippen LogP contribution in [0, 0.1) is 13.8 Å². The number of H-pyrrole nitrogens is 1. The number of nitrogens with zero attached hydrogens (tertiary/aromatic N) is 2. The second kappa shape index (κ2) is 6.72. The Morgan fingerprint density at radius 1 is 1.11 bits per heavy atom. The average Bonchev–Trinajstić information content (AvgIpc) is 2.98. The van der Waals surface area contributed by atoms with Crippen LogP contribution in [0.25, 0.3) is 21.7 Å². The highest BCUT2D eigenvalue weighted by molar-refractivity contribution is 6.06. The fourth-order valence-electron chi connectivity index (χ4n) is 3.33. The van der Waals surface area contributed by atoms with E-state index in [2.05, 4.69) is 15.4 Å². The van der Waals surface area contributed by atoms with Gasteiger partial charge in [0.05, 0.1) is 29.2 Å². The topological polar surface area (TPSA) is 79.8 Å². The van der Waals surface area contributed by atoms with Gasteiger partial charge in [-0.3, -0.25) is 9.59 Å². The molecule has 0 atom stereocenters. The summed E-state index contributed by atoms with van der Waals surface area (Å²) in [6.45, 7) is 4.66. The smallest absolute Gasteiger partial charge is 0.274 e. The van der Waals surface area contributed by atoms with E-state index in [9.17, 15) is 9.59 Å². The lowest BCUT2D eigenvalue weighted by Crippen LogP contribution is -2.32. The monoisotopic (exact) mass is 360 g/mol. The molecule has 0 spiro atoms. The van der Waals surface area contributed by atoms with E-state index in [1.54, 1.807) is 18.3 Å². The van der Waals surface area contributed by atoms with E-state index in [0.29, 0.717) is 24.0 Å². The number of para-hydroxylation sites is 1. The molecule has 0 aliphatic carbocycles. The van der Waals surface area contributed by atoms with Gasteiger partial charge in [0.2, 0.25) is 0 Å². The molecule has 0 fully saturated rings. The normalized spacial score (nSPS) is 11.2. The van der Waals surface area contributed by atoms with E-state index in [1.165, 1.54) is 4.68 Å². The minimum absolute atomic E-state index is 0.153. The van der Waals surface area contributed by atoms with Crippen molar-refractivity contribution in [3.63, 3.8) is 0 Å². The van der Waals surface area contributed by atoms with Gasteiger partial charge in [0.25, 0.3) is 11.5 Å². The molecule has 0 aliphatic rings. The van der Waals surface area contributed by atoms with E-state index >= 15 is 0 Å². The quantitative estimate of drug-likeness (QED) is 0.587. The fraction of sp³-hybridized carbons (Fsp3) is 0.190. The van der Waals surface area contributed by atoms with Crippen molar-refractivity contribution in [3.05, 3.63) is 75.8 Å². The van der Waals surface area contributed by atoms with Crippen LogP contribution < -0.4 is 10.9 Å². The van der Waals surface area contributed by atoms with E-state index in [4.69, 9.17) is 0 Å². The van der Waals surface area contributed by atoms with Crippen molar-refractivity contribution in [3.8, 4) is 0 Å². The van der Waals surface area contributed by atoms with Crippen molar-refractivity contribution < 1.29 is 4.79 Å². The van der Waals surface area contributed by atoms with Gasteiger partial charge in [0, 0.05) is 23.0 Å². The number of carbonyl (C=O) groups excluding carboxylic acids is 1. The predicted octanol–water partition coefficient (Wildman–Crippen LogP) is 2.92. The van der Waals surface area contributed by atoms with Gasteiger partial charge in [-0.2, -0.15) is 5.10 Å². The third-order valence-corrected chi connectivity index (χ3v) is 4.96. The zero-order valence-electron chi connectivity index (χ0n) is 15.2. The van der Waals surface area contributed by atoms with Crippen LogP contribution in [-0.4, -0.2) is 27.2 Å². The Morgan fingerprint density at radius 3 is 2.74 bits per heavy atom. The van der Waals surface area contributed by atoms with Gasteiger partial charge in [0.1, 0.15) is 0 Å². The van der Waals surface area contributed by atoms with E-state index in [1.807, 2.05) is 44.2 Å². The molecule has 2 N–H and O–H groups in total. The first kappa shape index (κ1) is 17.0. The Morgan fingerprint density at radius 2 is 1.89 bits per heavy atom. The van der Waals surface area contributed by atoms with Crippen LogP contribution >= 0.6 is 0 Å². The molecular weight excluding hydrogens is 340 g/mol. The molecule has 4 aromatic rings. The Bertz CT molecular complexity index is 1220. The molecule has 1 amide bonds. The van der Waals surface area contributed by atoms with Crippen LogP contribution in [0.3, 0.4) is 0 Å². The third-order valence-electron chi connectivity index (χ3n) is 4.96. The molecule has 2 aromatic carbocycles. The molecule has 0 radical (unpaired) electrons. The molecule has 0 saturated carbocycles. The highest BCUT2D eigenvalue weighted by atomic mass is 16.2. The summed E-state index contributed by atoms with van der Waals surface area (Å²) >= 11 is 0. The summed E-state index contributed by atoms with van der Waals surface area (Å²) < 4.78 is 1.38. The number of rotatable bonds is 4.